The first-order valence-corrected chi connectivity index (χ1v) is 5.41. The van der Waals surface area contributed by atoms with Crippen LogP contribution in [0.25, 0.3) is 0 Å². The number of rotatable bonds is 2. The molecule has 0 aromatic carbocycles. The predicted octanol–water partition coefficient (Wildman–Crippen LogP) is 0.686. The van der Waals surface area contributed by atoms with Crippen LogP contribution in [0.15, 0.2) is 0 Å². The third-order valence-electron chi connectivity index (χ3n) is 3.68. The Bertz CT molecular complexity index is 312. The number of hydrogen-bond donors (Lipinski definition) is 1. The number of carbonyl (C=O) groups is 2. The highest BCUT2D eigenvalue weighted by Crippen LogP contribution is 2.44. The van der Waals surface area contributed by atoms with E-state index in [9.17, 15) is 14.7 Å². The topological polar surface area (TPSA) is 57.6 Å². The monoisotopic (exact) mass is 211 g/mol. The van der Waals surface area contributed by atoms with Gasteiger partial charge in [0.05, 0.1) is 17.6 Å². The Kier molecular flexibility index (Phi) is 2.15. The predicted molar refractivity (Wildman–Crippen MR) is 53.9 cm³/mol. The minimum atomic E-state index is -0.588. The largest absolute Gasteiger partial charge is 0.394 e. The van der Waals surface area contributed by atoms with E-state index in [1.807, 2.05) is 0 Å². The summed E-state index contributed by atoms with van der Waals surface area (Å²) in [6, 6.07) is 0. The Labute approximate surface area is 89.3 Å². The summed E-state index contributed by atoms with van der Waals surface area (Å²) in [6.45, 7) is 3.48. The number of nitrogens with zero attached hydrogens (tertiary/aromatic N) is 1. The second kappa shape index (κ2) is 3.04. The van der Waals surface area contributed by atoms with Crippen molar-refractivity contribution in [3.8, 4) is 0 Å². The van der Waals surface area contributed by atoms with Gasteiger partial charge < -0.3 is 5.11 Å². The van der Waals surface area contributed by atoms with E-state index in [1.54, 1.807) is 13.8 Å². The van der Waals surface area contributed by atoms with Crippen LogP contribution in [-0.2, 0) is 9.59 Å². The summed E-state index contributed by atoms with van der Waals surface area (Å²) in [5, 5.41) is 9.36. The third-order valence-corrected chi connectivity index (χ3v) is 3.68. The van der Waals surface area contributed by atoms with E-state index in [0.29, 0.717) is 0 Å². The molecule has 1 aliphatic heterocycles. The zero-order chi connectivity index (χ0) is 11.3. The van der Waals surface area contributed by atoms with Gasteiger partial charge in [-0.2, -0.15) is 0 Å². The summed E-state index contributed by atoms with van der Waals surface area (Å²) in [4.78, 5) is 25.2. The molecular formula is C11H17NO3. The Balaban J connectivity index is 2.30. The van der Waals surface area contributed by atoms with Gasteiger partial charge in [0.1, 0.15) is 0 Å². The van der Waals surface area contributed by atoms with Crippen LogP contribution in [0.1, 0.15) is 39.5 Å². The Hall–Kier alpha value is -0.900. The van der Waals surface area contributed by atoms with Gasteiger partial charge in [-0.05, 0) is 19.3 Å². The van der Waals surface area contributed by atoms with Crippen molar-refractivity contribution in [3.05, 3.63) is 0 Å². The number of aliphatic hydroxyl groups is 1. The van der Waals surface area contributed by atoms with Crippen molar-refractivity contribution in [1.29, 1.82) is 0 Å². The summed E-state index contributed by atoms with van der Waals surface area (Å²) >= 11 is 0. The molecule has 1 saturated carbocycles. The molecule has 0 aromatic rings. The van der Waals surface area contributed by atoms with Crippen molar-refractivity contribution in [2.24, 2.45) is 5.41 Å². The molecule has 0 aromatic heterocycles. The van der Waals surface area contributed by atoms with Crippen LogP contribution >= 0.6 is 0 Å². The van der Waals surface area contributed by atoms with Crippen LogP contribution in [0, 0.1) is 5.41 Å². The van der Waals surface area contributed by atoms with Gasteiger partial charge >= 0.3 is 0 Å². The van der Waals surface area contributed by atoms with Crippen LogP contribution in [0.2, 0.25) is 0 Å². The van der Waals surface area contributed by atoms with Crippen molar-refractivity contribution in [2.75, 3.05) is 6.61 Å². The highest BCUT2D eigenvalue weighted by molar-refractivity contribution is 6.06. The standard InChI is InChI=1S/C11H17NO3/c1-10(2)6-8(14)12(9(10)15)11(7-13)4-3-5-11/h13H,3-7H2,1-2H3. The zero-order valence-electron chi connectivity index (χ0n) is 9.25. The first kappa shape index (κ1) is 10.6. The molecular weight excluding hydrogens is 194 g/mol. The summed E-state index contributed by atoms with van der Waals surface area (Å²) in [7, 11) is 0. The molecule has 0 bridgehead atoms. The van der Waals surface area contributed by atoms with Gasteiger partial charge in [-0.3, -0.25) is 14.5 Å². The SMILES string of the molecule is CC1(C)CC(=O)N(C2(CO)CCC2)C1=O. The maximum absolute atomic E-state index is 12.0. The number of likely N-dealkylation sites (tertiary alicyclic amines) is 1. The second-order valence-corrected chi connectivity index (χ2v) is 5.33. The van der Waals surface area contributed by atoms with Gasteiger partial charge in [0.2, 0.25) is 11.8 Å². The first-order valence-electron chi connectivity index (χ1n) is 5.41. The van der Waals surface area contributed by atoms with Gasteiger partial charge in [0.15, 0.2) is 0 Å². The second-order valence-electron chi connectivity index (χ2n) is 5.33. The quantitative estimate of drug-likeness (QED) is 0.683. The molecule has 0 radical (unpaired) electrons. The molecule has 2 fully saturated rings. The maximum atomic E-state index is 12.0. The minimum Gasteiger partial charge on any atom is -0.394 e. The minimum absolute atomic E-state index is 0.0967. The molecule has 2 rings (SSSR count). The number of amides is 2. The fourth-order valence-corrected chi connectivity index (χ4v) is 2.47. The summed E-state index contributed by atoms with van der Waals surface area (Å²) < 4.78 is 0. The molecule has 1 saturated heterocycles. The number of imide groups is 1. The third kappa shape index (κ3) is 1.31. The molecule has 0 atom stereocenters. The fraction of sp³-hybridized carbons (Fsp3) is 0.818. The molecule has 2 amide bonds. The van der Waals surface area contributed by atoms with Crippen molar-refractivity contribution in [3.63, 3.8) is 0 Å². The van der Waals surface area contributed by atoms with E-state index < -0.39 is 11.0 Å². The summed E-state index contributed by atoms with van der Waals surface area (Å²) in [5.41, 5.74) is -1.16. The molecule has 1 heterocycles. The molecule has 84 valence electrons. The molecule has 2 aliphatic rings. The van der Waals surface area contributed by atoms with E-state index >= 15 is 0 Å². The normalized spacial score (nSPS) is 28.1. The maximum Gasteiger partial charge on any atom is 0.235 e. The van der Waals surface area contributed by atoms with Crippen molar-refractivity contribution < 1.29 is 14.7 Å². The van der Waals surface area contributed by atoms with Crippen molar-refractivity contribution in [1.82, 2.24) is 4.90 Å². The number of aliphatic hydroxyl groups excluding tert-OH is 1. The fourth-order valence-electron chi connectivity index (χ4n) is 2.47. The van der Waals surface area contributed by atoms with Gasteiger partial charge in [0.25, 0.3) is 0 Å². The van der Waals surface area contributed by atoms with E-state index in [2.05, 4.69) is 0 Å². The molecule has 15 heavy (non-hydrogen) atoms. The Morgan fingerprint density at radius 2 is 1.93 bits per heavy atom. The lowest BCUT2D eigenvalue weighted by atomic mass is 9.75. The number of hydrogen-bond acceptors (Lipinski definition) is 3. The smallest absolute Gasteiger partial charge is 0.235 e. The molecule has 4 nitrogen and oxygen atoms in total. The van der Waals surface area contributed by atoms with Gasteiger partial charge in [-0.25, -0.2) is 0 Å². The average molecular weight is 211 g/mol. The molecule has 1 N–H and O–H groups in total. The van der Waals surface area contributed by atoms with Gasteiger partial charge in [-0.1, -0.05) is 13.8 Å². The van der Waals surface area contributed by atoms with E-state index in [4.69, 9.17) is 0 Å². The first-order chi connectivity index (χ1) is 6.93. The van der Waals surface area contributed by atoms with Crippen LogP contribution in [-0.4, -0.2) is 34.0 Å². The molecule has 0 spiro atoms. The highest BCUT2D eigenvalue weighted by atomic mass is 16.3. The Morgan fingerprint density at radius 1 is 1.33 bits per heavy atom. The van der Waals surface area contributed by atoms with Crippen molar-refractivity contribution in [2.45, 2.75) is 45.1 Å². The van der Waals surface area contributed by atoms with Crippen LogP contribution in [0.5, 0.6) is 0 Å². The molecule has 4 heteroatoms. The highest BCUT2D eigenvalue weighted by Gasteiger charge is 2.55. The lowest BCUT2D eigenvalue weighted by Gasteiger charge is -2.46. The lowest BCUT2D eigenvalue weighted by molar-refractivity contribution is -0.155. The van der Waals surface area contributed by atoms with Gasteiger partial charge in [0, 0.05) is 6.42 Å². The zero-order valence-corrected chi connectivity index (χ0v) is 9.25. The lowest BCUT2D eigenvalue weighted by Crippen LogP contribution is -2.59. The molecule has 1 aliphatic carbocycles. The Morgan fingerprint density at radius 3 is 2.20 bits per heavy atom. The summed E-state index contributed by atoms with van der Waals surface area (Å²) in [5.74, 6) is -0.250. The van der Waals surface area contributed by atoms with E-state index in [0.717, 1.165) is 19.3 Å². The molecule has 0 unspecified atom stereocenters. The van der Waals surface area contributed by atoms with Crippen LogP contribution in [0.3, 0.4) is 0 Å². The average Bonchev–Trinajstić information content (AvgIpc) is 2.26. The van der Waals surface area contributed by atoms with Gasteiger partial charge in [-0.15, -0.1) is 0 Å². The van der Waals surface area contributed by atoms with Crippen molar-refractivity contribution >= 4 is 11.8 Å². The number of carbonyl (C=O) groups excluding carboxylic acids is 2. The van der Waals surface area contributed by atoms with E-state index in [1.165, 1.54) is 4.90 Å². The summed E-state index contributed by atoms with van der Waals surface area (Å²) in [6.07, 6.45) is 2.75. The van der Waals surface area contributed by atoms with Crippen LogP contribution in [0.4, 0.5) is 0 Å². The van der Waals surface area contributed by atoms with Crippen LogP contribution < -0.4 is 0 Å². The van der Waals surface area contributed by atoms with E-state index in [-0.39, 0.29) is 24.8 Å².